The second-order valence-corrected chi connectivity index (χ2v) is 4.49. The molecule has 0 saturated carbocycles. The number of hydrogen-bond acceptors (Lipinski definition) is 4. The van der Waals surface area contributed by atoms with E-state index in [9.17, 15) is 4.79 Å². The van der Waals surface area contributed by atoms with Crippen molar-refractivity contribution in [3.8, 4) is 5.75 Å². The molecular weight excluding hydrogens is 242 g/mol. The molecule has 0 fully saturated rings. The van der Waals surface area contributed by atoms with Crippen molar-refractivity contribution in [2.75, 3.05) is 32.1 Å². The number of primary amides is 1. The van der Waals surface area contributed by atoms with Gasteiger partial charge in [-0.25, -0.2) is 0 Å². The number of hydrogen-bond donors (Lipinski definition) is 2. The highest BCUT2D eigenvalue weighted by molar-refractivity contribution is 5.80. The third-order valence-corrected chi connectivity index (χ3v) is 2.95. The van der Waals surface area contributed by atoms with Crippen molar-refractivity contribution in [3.05, 3.63) is 24.3 Å². The molecule has 0 aliphatic carbocycles. The van der Waals surface area contributed by atoms with Crippen LogP contribution in [0.3, 0.4) is 0 Å². The average molecular weight is 265 g/mol. The molecule has 0 radical (unpaired) electrons. The van der Waals surface area contributed by atoms with Crippen molar-refractivity contribution < 1.29 is 9.53 Å². The molecule has 0 aliphatic heterocycles. The van der Waals surface area contributed by atoms with E-state index in [1.165, 1.54) is 0 Å². The first-order valence-corrected chi connectivity index (χ1v) is 6.46. The zero-order valence-corrected chi connectivity index (χ0v) is 11.8. The zero-order valence-electron chi connectivity index (χ0n) is 11.8. The molecule has 1 aromatic carbocycles. The normalized spacial score (nSPS) is 11.9. The van der Waals surface area contributed by atoms with E-state index >= 15 is 0 Å². The molecule has 0 saturated heterocycles. The van der Waals surface area contributed by atoms with Crippen LogP contribution in [-0.4, -0.2) is 39.2 Å². The van der Waals surface area contributed by atoms with Gasteiger partial charge in [-0.05, 0) is 37.2 Å². The van der Waals surface area contributed by atoms with Gasteiger partial charge < -0.3 is 20.7 Å². The zero-order chi connectivity index (χ0) is 14.3. The molecule has 1 atom stereocenters. The Bertz CT molecular complexity index is 392. The molecule has 0 aromatic heterocycles. The minimum Gasteiger partial charge on any atom is -0.497 e. The molecule has 0 aliphatic rings. The number of anilines is 1. The van der Waals surface area contributed by atoms with Gasteiger partial charge in [0.1, 0.15) is 11.8 Å². The minimum absolute atomic E-state index is 0.325. The molecule has 19 heavy (non-hydrogen) atoms. The monoisotopic (exact) mass is 265 g/mol. The summed E-state index contributed by atoms with van der Waals surface area (Å²) < 4.78 is 5.12. The number of amides is 1. The van der Waals surface area contributed by atoms with Gasteiger partial charge in [-0.3, -0.25) is 4.79 Å². The second-order valence-electron chi connectivity index (χ2n) is 4.49. The third-order valence-electron chi connectivity index (χ3n) is 2.95. The SMILES string of the molecule is CCCNC(CN(C)c1ccc(OC)cc1)C(N)=O. The Hall–Kier alpha value is -1.75. The van der Waals surface area contributed by atoms with E-state index < -0.39 is 0 Å². The van der Waals surface area contributed by atoms with Gasteiger partial charge in [0.05, 0.1) is 7.11 Å². The summed E-state index contributed by atoms with van der Waals surface area (Å²) in [5.41, 5.74) is 6.42. The van der Waals surface area contributed by atoms with Crippen molar-refractivity contribution in [1.29, 1.82) is 0 Å². The maximum absolute atomic E-state index is 11.4. The van der Waals surface area contributed by atoms with Crippen LogP contribution in [0.4, 0.5) is 5.69 Å². The van der Waals surface area contributed by atoms with Crippen molar-refractivity contribution in [1.82, 2.24) is 5.32 Å². The van der Waals surface area contributed by atoms with Crippen LogP contribution in [0.15, 0.2) is 24.3 Å². The summed E-state index contributed by atoms with van der Waals surface area (Å²) in [5.74, 6) is 0.488. The minimum atomic E-state index is -0.341. The summed E-state index contributed by atoms with van der Waals surface area (Å²) in [6, 6.07) is 7.36. The van der Waals surface area contributed by atoms with Gasteiger partial charge in [-0.1, -0.05) is 6.92 Å². The van der Waals surface area contributed by atoms with E-state index in [1.54, 1.807) is 7.11 Å². The average Bonchev–Trinajstić information content (AvgIpc) is 2.43. The van der Waals surface area contributed by atoms with Gasteiger partial charge in [0.15, 0.2) is 0 Å². The lowest BCUT2D eigenvalue weighted by Gasteiger charge is -2.24. The molecule has 0 heterocycles. The number of methoxy groups -OCH3 is 1. The van der Waals surface area contributed by atoms with Gasteiger partial charge in [-0.2, -0.15) is 0 Å². The highest BCUT2D eigenvalue weighted by atomic mass is 16.5. The van der Waals surface area contributed by atoms with Crippen LogP contribution in [0, 0.1) is 0 Å². The quantitative estimate of drug-likeness (QED) is 0.735. The number of carbonyl (C=O) groups excluding carboxylic acids is 1. The fourth-order valence-corrected chi connectivity index (χ4v) is 1.79. The van der Waals surface area contributed by atoms with Crippen LogP contribution in [0.5, 0.6) is 5.75 Å². The predicted molar refractivity (Wildman–Crippen MR) is 77.5 cm³/mol. The van der Waals surface area contributed by atoms with Crippen LogP contribution in [0.2, 0.25) is 0 Å². The number of benzene rings is 1. The fraction of sp³-hybridized carbons (Fsp3) is 0.500. The van der Waals surface area contributed by atoms with Crippen LogP contribution in [-0.2, 0) is 4.79 Å². The lowest BCUT2D eigenvalue weighted by atomic mass is 10.2. The summed E-state index contributed by atoms with van der Waals surface area (Å²) in [6.45, 7) is 3.38. The fourth-order valence-electron chi connectivity index (χ4n) is 1.79. The van der Waals surface area contributed by atoms with Crippen molar-refractivity contribution in [3.63, 3.8) is 0 Å². The van der Waals surface area contributed by atoms with E-state index in [2.05, 4.69) is 12.2 Å². The summed E-state index contributed by atoms with van der Waals surface area (Å²) in [5, 5.41) is 3.15. The number of carbonyl (C=O) groups is 1. The highest BCUT2D eigenvalue weighted by Gasteiger charge is 2.16. The van der Waals surface area contributed by atoms with Crippen molar-refractivity contribution in [2.45, 2.75) is 19.4 Å². The predicted octanol–water partition coefficient (Wildman–Crippen LogP) is 0.985. The molecule has 5 heteroatoms. The Morgan fingerprint density at radius 2 is 2.05 bits per heavy atom. The number of nitrogens with zero attached hydrogens (tertiary/aromatic N) is 1. The number of nitrogens with two attached hydrogens (primary N) is 1. The van der Waals surface area contributed by atoms with E-state index in [0.717, 1.165) is 24.4 Å². The molecule has 1 amide bonds. The summed E-state index contributed by atoms with van der Waals surface area (Å²) in [4.78, 5) is 13.4. The topological polar surface area (TPSA) is 67.6 Å². The number of rotatable bonds is 8. The number of nitrogens with one attached hydrogen (secondary N) is 1. The van der Waals surface area contributed by atoms with E-state index in [4.69, 9.17) is 10.5 Å². The van der Waals surface area contributed by atoms with Gasteiger partial charge >= 0.3 is 0 Å². The number of likely N-dealkylation sites (N-methyl/N-ethyl adjacent to an activating group) is 1. The van der Waals surface area contributed by atoms with E-state index in [1.807, 2.05) is 36.2 Å². The summed E-state index contributed by atoms with van der Waals surface area (Å²) in [7, 11) is 3.57. The molecule has 3 N–H and O–H groups in total. The van der Waals surface area contributed by atoms with E-state index in [-0.39, 0.29) is 11.9 Å². The number of ether oxygens (including phenoxy) is 1. The first-order valence-electron chi connectivity index (χ1n) is 6.46. The van der Waals surface area contributed by atoms with E-state index in [0.29, 0.717) is 6.54 Å². The Kier molecular flexibility index (Phi) is 6.15. The molecular formula is C14H23N3O2. The Morgan fingerprint density at radius 3 is 2.53 bits per heavy atom. The Morgan fingerprint density at radius 1 is 1.42 bits per heavy atom. The van der Waals surface area contributed by atoms with Gasteiger partial charge in [0.2, 0.25) is 5.91 Å². The van der Waals surface area contributed by atoms with Crippen LogP contribution in [0.1, 0.15) is 13.3 Å². The lowest BCUT2D eigenvalue weighted by Crippen LogP contribution is -2.48. The van der Waals surface area contributed by atoms with Gasteiger partial charge in [-0.15, -0.1) is 0 Å². The van der Waals surface area contributed by atoms with Gasteiger partial charge in [0, 0.05) is 19.3 Å². The molecule has 0 spiro atoms. The first-order chi connectivity index (χ1) is 9.08. The van der Waals surface area contributed by atoms with Crippen LogP contribution < -0.4 is 20.7 Å². The smallest absolute Gasteiger partial charge is 0.236 e. The molecule has 0 bridgehead atoms. The summed E-state index contributed by atoms with van der Waals surface area (Å²) in [6.07, 6.45) is 0.968. The lowest BCUT2D eigenvalue weighted by molar-refractivity contribution is -0.119. The molecule has 1 unspecified atom stereocenters. The molecule has 1 rings (SSSR count). The Balaban J connectivity index is 2.64. The van der Waals surface area contributed by atoms with Crippen molar-refractivity contribution in [2.24, 2.45) is 5.73 Å². The third kappa shape index (κ3) is 4.79. The Labute approximate surface area is 114 Å². The maximum atomic E-state index is 11.4. The maximum Gasteiger partial charge on any atom is 0.236 e. The largest absolute Gasteiger partial charge is 0.497 e. The highest BCUT2D eigenvalue weighted by Crippen LogP contribution is 2.18. The molecule has 5 nitrogen and oxygen atoms in total. The molecule has 106 valence electrons. The summed E-state index contributed by atoms with van der Waals surface area (Å²) >= 11 is 0. The van der Waals surface area contributed by atoms with Gasteiger partial charge in [0.25, 0.3) is 0 Å². The van der Waals surface area contributed by atoms with Crippen LogP contribution >= 0.6 is 0 Å². The van der Waals surface area contributed by atoms with Crippen LogP contribution in [0.25, 0.3) is 0 Å². The standard InChI is InChI=1S/C14H23N3O2/c1-4-9-16-13(14(15)18)10-17(2)11-5-7-12(19-3)8-6-11/h5-8,13,16H,4,9-10H2,1-3H3,(H2,15,18). The first kappa shape index (κ1) is 15.3. The second kappa shape index (κ2) is 7.63. The van der Waals surface area contributed by atoms with Crippen molar-refractivity contribution >= 4 is 11.6 Å². The molecule has 1 aromatic rings.